The van der Waals surface area contributed by atoms with Gasteiger partial charge in [-0.25, -0.2) is 0 Å². The lowest BCUT2D eigenvalue weighted by atomic mass is 10.2. The van der Waals surface area contributed by atoms with E-state index >= 15 is 0 Å². The predicted octanol–water partition coefficient (Wildman–Crippen LogP) is 4.90. The first-order chi connectivity index (χ1) is 12.5. The van der Waals surface area contributed by atoms with Crippen LogP contribution in [0.15, 0.2) is 36.5 Å². The SMILES string of the molecule is CCCN(CCC)C(=O)c1cc(C(=O)Nc2ccc(Cl)cc2Cl)ccn1. The number of carbonyl (C=O) groups is 2. The van der Waals surface area contributed by atoms with Crippen molar-refractivity contribution in [2.75, 3.05) is 18.4 Å². The Balaban J connectivity index is 2.19. The van der Waals surface area contributed by atoms with Crippen LogP contribution < -0.4 is 5.32 Å². The summed E-state index contributed by atoms with van der Waals surface area (Å²) in [4.78, 5) is 31.0. The molecule has 5 nitrogen and oxygen atoms in total. The number of amides is 2. The summed E-state index contributed by atoms with van der Waals surface area (Å²) in [7, 11) is 0. The molecule has 0 atom stereocenters. The molecule has 0 bridgehead atoms. The van der Waals surface area contributed by atoms with Gasteiger partial charge in [-0.05, 0) is 43.2 Å². The van der Waals surface area contributed by atoms with Crippen molar-refractivity contribution >= 4 is 40.7 Å². The van der Waals surface area contributed by atoms with Gasteiger partial charge in [0.05, 0.1) is 10.7 Å². The van der Waals surface area contributed by atoms with Crippen LogP contribution in [-0.2, 0) is 0 Å². The normalized spacial score (nSPS) is 10.5. The van der Waals surface area contributed by atoms with E-state index in [2.05, 4.69) is 10.3 Å². The molecule has 2 aromatic rings. The van der Waals surface area contributed by atoms with Gasteiger partial charge in [-0.3, -0.25) is 14.6 Å². The minimum Gasteiger partial charge on any atom is -0.337 e. The van der Waals surface area contributed by atoms with Crippen LogP contribution in [0.2, 0.25) is 10.0 Å². The largest absolute Gasteiger partial charge is 0.337 e. The van der Waals surface area contributed by atoms with E-state index in [0.717, 1.165) is 12.8 Å². The van der Waals surface area contributed by atoms with E-state index in [9.17, 15) is 9.59 Å². The summed E-state index contributed by atoms with van der Waals surface area (Å²) in [6.45, 7) is 5.35. The Bertz CT molecular complexity index is 790. The van der Waals surface area contributed by atoms with Crippen LogP contribution in [-0.4, -0.2) is 34.8 Å². The summed E-state index contributed by atoms with van der Waals surface area (Å²) >= 11 is 11.9. The molecular weight excluding hydrogens is 373 g/mol. The number of aromatic nitrogens is 1. The predicted molar refractivity (Wildman–Crippen MR) is 105 cm³/mol. The third kappa shape index (κ3) is 5.19. The third-order valence-corrected chi connectivity index (χ3v) is 4.24. The maximum Gasteiger partial charge on any atom is 0.272 e. The zero-order valence-corrected chi connectivity index (χ0v) is 16.3. The molecule has 26 heavy (non-hydrogen) atoms. The Morgan fingerprint density at radius 1 is 1.08 bits per heavy atom. The van der Waals surface area contributed by atoms with Crippen LogP contribution in [0.25, 0.3) is 0 Å². The van der Waals surface area contributed by atoms with Gasteiger partial charge in [0.15, 0.2) is 0 Å². The third-order valence-electron chi connectivity index (χ3n) is 3.69. The highest BCUT2D eigenvalue weighted by Gasteiger charge is 2.18. The Hall–Kier alpha value is -2.11. The first-order valence-electron chi connectivity index (χ1n) is 8.48. The van der Waals surface area contributed by atoms with Gasteiger partial charge in [-0.2, -0.15) is 0 Å². The van der Waals surface area contributed by atoms with Gasteiger partial charge in [0, 0.05) is 29.9 Å². The highest BCUT2D eigenvalue weighted by atomic mass is 35.5. The number of benzene rings is 1. The van der Waals surface area contributed by atoms with Crippen molar-refractivity contribution in [1.82, 2.24) is 9.88 Å². The zero-order chi connectivity index (χ0) is 19.1. The van der Waals surface area contributed by atoms with Crippen molar-refractivity contribution in [3.8, 4) is 0 Å². The van der Waals surface area contributed by atoms with E-state index in [-0.39, 0.29) is 17.5 Å². The standard InChI is InChI=1S/C19H21Cl2N3O2/c1-3-9-24(10-4-2)19(26)17-11-13(7-8-22-17)18(25)23-16-6-5-14(20)12-15(16)21/h5-8,11-12H,3-4,9-10H2,1-2H3,(H,23,25). The van der Waals surface area contributed by atoms with Gasteiger partial charge in [-0.1, -0.05) is 37.0 Å². The van der Waals surface area contributed by atoms with Crippen molar-refractivity contribution in [3.63, 3.8) is 0 Å². The second-order valence-electron chi connectivity index (χ2n) is 5.80. The fourth-order valence-electron chi connectivity index (χ4n) is 2.49. The number of carbonyl (C=O) groups excluding carboxylic acids is 2. The number of hydrogen-bond donors (Lipinski definition) is 1. The molecule has 0 aliphatic heterocycles. The quantitative estimate of drug-likeness (QED) is 0.726. The van der Waals surface area contributed by atoms with E-state index < -0.39 is 0 Å². The van der Waals surface area contributed by atoms with E-state index in [0.29, 0.717) is 34.4 Å². The molecule has 1 aromatic carbocycles. The topological polar surface area (TPSA) is 62.3 Å². The fourth-order valence-corrected chi connectivity index (χ4v) is 2.95. The molecule has 0 saturated carbocycles. The molecule has 0 fully saturated rings. The molecule has 0 aliphatic carbocycles. The van der Waals surface area contributed by atoms with Crippen molar-refractivity contribution in [1.29, 1.82) is 0 Å². The van der Waals surface area contributed by atoms with Crippen LogP contribution in [0.4, 0.5) is 5.69 Å². The Kier molecular flexibility index (Phi) is 7.42. The number of anilines is 1. The highest BCUT2D eigenvalue weighted by molar-refractivity contribution is 6.36. The summed E-state index contributed by atoms with van der Waals surface area (Å²) in [5.74, 6) is -0.545. The number of nitrogens with one attached hydrogen (secondary N) is 1. The first-order valence-corrected chi connectivity index (χ1v) is 9.23. The van der Waals surface area contributed by atoms with Gasteiger partial charge >= 0.3 is 0 Å². The van der Waals surface area contributed by atoms with Gasteiger partial charge in [0.25, 0.3) is 11.8 Å². The Labute approximate surface area is 163 Å². The van der Waals surface area contributed by atoms with Crippen molar-refractivity contribution in [2.24, 2.45) is 0 Å². The molecule has 1 heterocycles. The van der Waals surface area contributed by atoms with Crippen LogP contribution in [0.1, 0.15) is 47.5 Å². The fraction of sp³-hybridized carbons (Fsp3) is 0.316. The minimum absolute atomic E-state index is 0.173. The van der Waals surface area contributed by atoms with E-state index in [4.69, 9.17) is 23.2 Å². The number of nitrogens with zero attached hydrogens (tertiary/aromatic N) is 2. The lowest BCUT2D eigenvalue weighted by Crippen LogP contribution is -2.33. The number of pyridine rings is 1. The van der Waals surface area contributed by atoms with Crippen LogP contribution in [0.5, 0.6) is 0 Å². The Morgan fingerprint density at radius 2 is 1.77 bits per heavy atom. The molecule has 0 unspecified atom stereocenters. The second kappa shape index (κ2) is 9.55. The van der Waals surface area contributed by atoms with Crippen LogP contribution in [0, 0.1) is 0 Å². The van der Waals surface area contributed by atoms with Crippen molar-refractivity contribution in [3.05, 3.63) is 57.8 Å². The van der Waals surface area contributed by atoms with E-state index in [1.807, 2.05) is 13.8 Å². The van der Waals surface area contributed by atoms with E-state index in [1.54, 1.807) is 29.2 Å². The lowest BCUT2D eigenvalue weighted by molar-refractivity contribution is 0.0749. The minimum atomic E-state index is -0.372. The molecule has 0 radical (unpaired) electrons. The lowest BCUT2D eigenvalue weighted by Gasteiger charge is -2.21. The van der Waals surface area contributed by atoms with Gasteiger partial charge in [0.1, 0.15) is 5.69 Å². The van der Waals surface area contributed by atoms with Crippen molar-refractivity contribution < 1.29 is 9.59 Å². The molecular formula is C19H21Cl2N3O2. The molecule has 0 spiro atoms. The summed E-state index contributed by atoms with van der Waals surface area (Å²) in [5, 5.41) is 3.54. The molecule has 0 saturated heterocycles. The van der Waals surface area contributed by atoms with Crippen LogP contribution in [0.3, 0.4) is 0 Å². The monoisotopic (exact) mass is 393 g/mol. The molecule has 2 rings (SSSR count). The highest BCUT2D eigenvalue weighted by Crippen LogP contribution is 2.25. The summed E-state index contributed by atoms with van der Waals surface area (Å²) in [6.07, 6.45) is 3.18. The smallest absolute Gasteiger partial charge is 0.272 e. The average Bonchev–Trinajstić information content (AvgIpc) is 2.63. The molecule has 1 N–H and O–H groups in total. The van der Waals surface area contributed by atoms with Gasteiger partial charge < -0.3 is 10.2 Å². The summed E-state index contributed by atoms with van der Waals surface area (Å²) in [6, 6.07) is 7.87. The molecule has 1 aromatic heterocycles. The Morgan fingerprint density at radius 3 is 2.38 bits per heavy atom. The van der Waals surface area contributed by atoms with Crippen molar-refractivity contribution in [2.45, 2.75) is 26.7 Å². The average molecular weight is 394 g/mol. The number of rotatable bonds is 7. The molecule has 0 aliphatic rings. The van der Waals surface area contributed by atoms with Crippen LogP contribution >= 0.6 is 23.2 Å². The number of hydrogen-bond acceptors (Lipinski definition) is 3. The van der Waals surface area contributed by atoms with Gasteiger partial charge in [-0.15, -0.1) is 0 Å². The number of halogens is 2. The maximum atomic E-state index is 12.6. The van der Waals surface area contributed by atoms with E-state index in [1.165, 1.54) is 12.3 Å². The molecule has 7 heteroatoms. The molecule has 138 valence electrons. The molecule has 2 amide bonds. The first kappa shape index (κ1) is 20.2. The summed E-state index contributed by atoms with van der Waals surface area (Å²) in [5.41, 5.74) is 1.04. The maximum absolute atomic E-state index is 12.6. The van der Waals surface area contributed by atoms with Gasteiger partial charge in [0.2, 0.25) is 0 Å². The second-order valence-corrected chi connectivity index (χ2v) is 6.64. The zero-order valence-electron chi connectivity index (χ0n) is 14.8. The summed E-state index contributed by atoms with van der Waals surface area (Å²) < 4.78 is 0.